The van der Waals surface area contributed by atoms with Crippen LogP contribution < -0.4 is 0 Å². The quantitative estimate of drug-likeness (QED) is 0.197. The van der Waals surface area contributed by atoms with Crippen LogP contribution in [0.5, 0.6) is 0 Å². The summed E-state index contributed by atoms with van der Waals surface area (Å²) in [5.41, 5.74) is -4.01. The van der Waals surface area contributed by atoms with Gasteiger partial charge in [-0.1, -0.05) is 18.2 Å². The molecule has 7 aliphatic rings. The van der Waals surface area contributed by atoms with Crippen molar-refractivity contribution < 1.29 is 61.9 Å². The molecule has 4 heterocycles. The number of ether oxygens (including phenoxy) is 5. The molecule has 37 heavy (non-hydrogen) atoms. The van der Waals surface area contributed by atoms with E-state index in [2.05, 4.69) is 0 Å². The van der Waals surface area contributed by atoms with Gasteiger partial charge in [-0.25, -0.2) is 4.79 Å². The van der Waals surface area contributed by atoms with E-state index in [1.165, 1.54) is 0 Å². The zero-order valence-electron chi connectivity index (χ0n) is 19.7. The van der Waals surface area contributed by atoms with Gasteiger partial charge in [-0.2, -0.15) is 8.42 Å². The fourth-order valence-electron chi connectivity index (χ4n) is 7.17. The fraction of sp³-hybridized carbons (Fsp3) is 0.696. The first-order chi connectivity index (χ1) is 17.4. The van der Waals surface area contributed by atoms with Gasteiger partial charge in [0.1, 0.15) is 42.2 Å². The Bertz CT molecular complexity index is 1210. The van der Waals surface area contributed by atoms with Crippen molar-refractivity contribution in [2.75, 3.05) is 13.2 Å². The molecule has 204 valence electrons. The highest BCUT2D eigenvalue weighted by Gasteiger charge is 2.96. The average Bonchev–Trinajstić information content (AvgIpc) is 3.07. The molecule has 3 saturated carbocycles. The number of hydrogen-bond donors (Lipinski definition) is 5. The van der Waals surface area contributed by atoms with Crippen molar-refractivity contribution in [3.05, 3.63) is 35.9 Å². The van der Waals surface area contributed by atoms with Crippen LogP contribution in [0.3, 0.4) is 0 Å². The van der Waals surface area contributed by atoms with E-state index in [9.17, 15) is 38.2 Å². The fourth-order valence-corrected chi connectivity index (χ4v) is 8.49. The van der Waals surface area contributed by atoms with Crippen LogP contribution >= 0.6 is 0 Å². The molecule has 0 aromatic heterocycles. The smallest absolute Gasteiger partial charge is 0.338 e. The number of carbonyl (C=O) groups excluding carboxylic acids is 1. The van der Waals surface area contributed by atoms with Gasteiger partial charge in [0.25, 0.3) is 10.1 Å². The maximum atomic E-state index is 12.8. The minimum Gasteiger partial charge on any atom is -0.461 e. The molecule has 4 saturated heterocycles. The SMILES string of the molecule is CC12CC3(S(=O)(=O)O)OC(O1)C1(COC(=O)c4ccccc4)C3CC21OC1OC(CO)C(O)C(O)C1O. The molecule has 1 aromatic rings. The summed E-state index contributed by atoms with van der Waals surface area (Å²) in [5, 5.41) is 40.6. The number of esters is 1. The van der Waals surface area contributed by atoms with Gasteiger partial charge in [0.2, 0.25) is 4.93 Å². The molecule has 0 radical (unpaired) electrons. The van der Waals surface area contributed by atoms with Crippen molar-refractivity contribution >= 4 is 16.1 Å². The molecule has 4 aliphatic heterocycles. The van der Waals surface area contributed by atoms with E-state index >= 15 is 0 Å². The van der Waals surface area contributed by atoms with Gasteiger partial charge < -0.3 is 44.1 Å². The molecule has 1 aromatic carbocycles. The van der Waals surface area contributed by atoms with Crippen LogP contribution in [0.25, 0.3) is 0 Å². The summed E-state index contributed by atoms with van der Waals surface area (Å²) in [6, 6.07) is 8.13. The van der Waals surface area contributed by atoms with Crippen LogP contribution in [0, 0.1) is 11.3 Å². The summed E-state index contributed by atoms with van der Waals surface area (Å²) in [6.45, 7) is 0.495. The van der Waals surface area contributed by atoms with Gasteiger partial charge in [0.15, 0.2) is 12.6 Å². The lowest BCUT2D eigenvalue weighted by Gasteiger charge is -2.68. The number of benzene rings is 1. The van der Waals surface area contributed by atoms with Gasteiger partial charge in [-0.05, 0) is 25.5 Å². The highest BCUT2D eigenvalue weighted by molar-refractivity contribution is 7.87. The van der Waals surface area contributed by atoms with Crippen LogP contribution in [-0.2, 0) is 33.8 Å². The van der Waals surface area contributed by atoms with E-state index < -0.39 is 93.8 Å². The Labute approximate surface area is 211 Å². The van der Waals surface area contributed by atoms with Crippen LogP contribution in [-0.4, -0.2) is 106 Å². The highest BCUT2D eigenvalue weighted by atomic mass is 32.2. The topological polar surface area (TPSA) is 199 Å². The van der Waals surface area contributed by atoms with Gasteiger partial charge in [-0.15, -0.1) is 0 Å². The number of carbonyl (C=O) groups is 1. The van der Waals surface area contributed by atoms with Crippen molar-refractivity contribution in [1.29, 1.82) is 0 Å². The zero-order chi connectivity index (χ0) is 26.6. The predicted molar refractivity (Wildman–Crippen MR) is 118 cm³/mol. The first-order valence-electron chi connectivity index (χ1n) is 11.9. The van der Waals surface area contributed by atoms with Crippen molar-refractivity contribution in [2.45, 2.75) is 72.9 Å². The Morgan fingerprint density at radius 1 is 1.11 bits per heavy atom. The second kappa shape index (κ2) is 7.91. The molecule has 0 amide bonds. The van der Waals surface area contributed by atoms with Crippen LogP contribution in [0.4, 0.5) is 0 Å². The summed E-state index contributed by atoms with van der Waals surface area (Å²) in [7, 11) is -4.76. The standard InChI is InChI=1S/C23H28O13S/c1-20-9-22(37(29,30)31)13-7-23(20,34-18-16(27)15(26)14(25)12(8-24)33-18)21(13,19(35-20)36-22)10-32-17(28)11-5-3-2-4-6-11/h2-6,12-16,18-19,24-27H,7-10H2,1H3,(H,29,30,31). The molecule has 11 unspecified atom stereocenters. The molecule has 3 aliphatic carbocycles. The highest BCUT2D eigenvalue weighted by Crippen LogP contribution is 2.83. The summed E-state index contributed by atoms with van der Waals surface area (Å²) < 4.78 is 64.8. The van der Waals surface area contributed by atoms with Gasteiger partial charge in [0, 0.05) is 12.3 Å². The second-order valence-corrected chi connectivity index (χ2v) is 12.3. The van der Waals surface area contributed by atoms with E-state index in [1.807, 2.05) is 0 Å². The number of rotatable bonds is 7. The van der Waals surface area contributed by atoms with Crippen LogP contribution in [0.1, 0.15) is 30.1 Å². The summed E-state index contributed by atoms with van der Waals surface area (Å²) in [6.07, 6.45) is -9.44. The minimum absolute atomic E-state index is 0.0301. The van der Waals surface area contributed by atoms with Crippen LogP contribution in [0.2, 0.25) is 0 Å². The largest absolute Gasteiger partial charge is 0.461 e. The zero-order valence-corrected chi connectivity index (χ0v) is 20.5. The molecular formula is C23H28O13S. The number of aliphatic hydroxyl groups excluding tert-OH is 4. The lowest BCUT2D eigenvalue weighted by Crippen LogP contribution is -2.81. The molecule has 6 bridgehead atoms. The van der Waals surface area contributed by atoms with Gasteiger partial charge in [0.05, 0.1) is 17.6 Å². The van der Waals surface area contributed by atoms with E-state index in [-0.39, 0.29) is 18.4 Å². The number of aliphatic hydroxyl groups is 4. The maximum absolute atomic E-state index is 12.8. The lowest BCUT2D eigenvalue weighted by molar-refractivity contribution is -0.393. The normalized spacial score (nSPS) is 49.6. The van der Waals surface area contributed by atoms with Gasteiger partial charge >= 0.3 is 5.97 Å². The van der Waals surface area contributed by atoms with E-state index in [0.29, 0.717) is 0 Å². The molecule has 0 spiro atoms. The summed E-state index contributed by atoms with van der Waals surface area (Å²) >= 11 is 0. The van der Waals surface area contributed by atoms with Crippen molar-refractivity contribution in [3.63, 3.8) is 0 Å². The summed E-state index contributed by atoms with van der Waals surface area (Å²) in [5.74, 6) is -1.58. The van der Waals surface area contributed by atoms with Crippen molar-refractivity contribution in [1.82, 2.24) is 0 Å². The first kappa shape index (κ1) is 25.6. The monoisotopic (exact) mass is 544 g/mol. The Kier molecular flexibility index (Phi) is 5.46. The maximum Gasteiger partial charge on any atom is 0.338 e. The molecule has 8 rings (SSSR count). The second-order valence-electron chi connectivity index (χ2n) is 10.6. The van der Waals surface area contributed by atoms with E-state index in [1.54, 1.807) is 37.3 Å². The first-order valence-corrected chi connectivity index (χ1v) is 13.3. The molecular weight excluding hydrogens is 516 g/mol. The summed E-state index contributed by atoms with van der Waals surface area (Å²) in [4.78, 5) is 10.8. The minimum atomic E-state index is -4.76. The Balaban J connectivity index is 1.38. The Morgan fingerprint density at radius 3 is 2.46 bits per heavy atom. The molecule has 5 N–H and O–H groups in total. The predicted octanol–water partition coefficient (Wildman–Crippen LogP) is -1.46. The van der Waals surface area contributed by atoms with Crippen molar-refractivity contribution in [2.24, 2.45) is 11.3 Å². The molecule has 13 nitrogen and oxygen atoms in total. The molecule has 11 atom stereocenters. The van der Waals surface area contributed by atoms with Crippen molar-refractivity contribution in [3.8, 4) is 0 Å². The average molecular weight is 545 g/mol. The van der Waals surface area contributed by atoms with Crippen LogP contribution in [0.15, 0.2) is 30.3 Å². The van der Waals surface area contributed by atoms with Gasteiger partial charge in [-0.3, -0.25) is 4.55 Å². The van der Waals surface area contributed by atoms with E-state index in [4.69, 9.17) is 23.7 Å². The Hall–Kier alpha value is -1.72. The third kappa shape index (κ3) is 2.99. The lowest BCUT2D eigenvalue weighted by atomic mass is 9.41. The third-order valence-electron chi connectivity index (χ3n) is 8.98. The molecule has 14 heteroatoms. The van der Waals surface area contributed by atoms with E-state index in [0.717, 1.165) is 0 Å². The Morgan fingerprint density at radius 2 is 1.81 bits per heavy atom. The third-order valence-corrected chi connectivity index (χ3v) is 10.4. The molecule has 7 fully saturated rings. The number of hydrogen-bond acceptors (Lipinski definition) is 12.